The lowest BCUT2D eigenvalue weighted by atomic mass is 10.1. The number of rotatable bonds is 7. The van der Waals surface area contributed by atoms with Crippen molar-refractivity contribution in [1.82, 2.24) is 14.5 Å². The summed E-state index contributed by atoms with van der Waals surface area (Å²) >= 11 is 0. The molecule has 1 heterocycles. The van der Waals surface area contributed by atoms with E-state index >= 15 is 0 Å². The second-order valence-electron chi connectivity index (χ2n) is 7.79. The average molecular weight is 430 g/mol. The van der Waals surface area contributed by atoms with Crippen molar-refractivity contribution in [2.24, 2.45) is 0 Å². The van der Waals surface area contributed by atoms with E-state index < -0.39 is 10.0 Å². The SMILES string of the molecule is CCc1ccc(CN(C)C(=O)NCc2ccc(S(=O)(=O)N3CCCCC3)cc2)cc1. The highest BCUT2D eigenvalue weighted by Gasteiger charge is 2.25. The largest absolute Gasteiger partial charge is 0.334 e. The number of nitrogens with zero attached hydrogens (tertiary/aromatic N) is 2. The molecule has 0 aliphatic carbocycles. The smallest absolute Gasteiger partial charge is 0.317 e. The fourth-order valence-corrected chi connectivity index (χ4v) is 5.09. The first-order chi connectivity index (χ1) is 14.4. The van der Waals surface area contributed by atoms with Gasteiger partial charge in [0.15, 0.2) is 0 Å². The number of hydrogen-bond acceptors (Lipinski definition) is 3. The first kappa shape index (κ1) is 22.3. The number of carbonyl (C=O) groups is 1. The molecule has 6 nitrogen and oxygen atoms in total. The minimum Gasteiger partial charge on any atom is -0.334 e. The highest BCUT2D eigenvalue weighted by Crippen LogP contribution is 2.20. The monoisotopic (exact) mass is 429 g/mol. The number of hydrogen-bond donors (Lipinski definition) is 1. The number of amides is 2. The second-order valence-corrected chi connectivity index (χ2v) is 9.73. The number of aryl methyl sites for hydroxylation is 1. The molecule has 0 bridgehead atoms. The van der Waals surface area contributed by atoms with Crippen molar-refractivity contribution in [3.8, 4) is 0 Å². The second kappa shape index (κ2) is 10.1. The van der Waals surface area contributed by atoms with Crippen LogP contribution in [0.25, 0.3) is 0 Å². The van der Waals surface area contributed by atoms with Crippen LogP contribution in [-0.2, 0) is 29.5 Å². The van der Waals surface area contributed by atoms with Gasteiger partial charge in [0, 0.05) is 33.2 Å². The maximum Gasteiger partial charge on any atom is 0.317 e. The molecule has 0 atom stereocenters. The maximum atomic E-state index is 12.7. The van der Waals surface area contributed by atoms with E-state index in [0.717, 1.165) is 36.8 Å². The molecular weight excluding hydrogens is 398 g/mol. The van der Waals surface area contributed by atoms with Crippen LogP contribution in [-0.4, -0.2) is 43.8 Å². The van der Waals surface area contributed by atoms with Gasteiger partial charge in [-0.3, -0.25) is 0 Å². The molecule has 1 saturated heterocycles. The van der Waals surface area contributed by atoms with Gasteiger partial charge < -0.3 is 10.2 Å². The quantitative estimate of drug-likeness (QED) is 0.728. The predicted octanol–water partition coefficient (Wildman–Crippen LogP) is 3.77. The van der Waals surface area contributed by atoms with E-state index in [-0.39, 0.29) is 6.03 Å². The molecule has 1 N–H and O–H groups in total. The molecule has 0 saturated carbocycles. The molecule has 3 rings (SSSR count). The van der Waals surface area contributed by atoms with E-state index in [9.17, 15) is 13.2 Å². The van der Waals surface area contributed by atoms with Crippen LogP contribution in [0.2, 0.25) is 0 Å². The van der Waals surface area contributed by atoms with E-state index in [1.54, 1.807) is 40.5 Å². The zero-order chi connectivity index (χ0) is 21.6. The van der Waals surface area contributed by atoms with Gasteiger partial charge in [0.05, 0.1) is 4.90 Å². The van der Waals surface area contributed by atoms with Crippen molar-refractivity contribution in [2.75, 3.05) is 20.1 Å². The number of nitrogens with one attached hydrogen (secondary N) is 1. The Morgan fingerprint density at radius 1 is 0.933 bits per heavy atom. The summed E-state index contributed by atoms with van der Waals surface area (Å²) in [7, 11) is -1.66. The number of sulfonamides is 1. The molecule has 162 valence electrons. The van der Waals surface area contributed by atoms with Gasteiger partial charge in [-0.25, -0.2) is 13.2 Å². The molecule has 7 heteroatoms. The van der Waals surface area contributed by atoms with Gasteiger partial charge in [-0.05, 0) is 48.1 Å². The molecule has 30 heavy (non-hydrogen) atoms. The van der Waals surface area contributed by atoms with Crippen molar-refractivity contribution >= 4 is 16.1 Å². The van der Waals surface area contributed by atoms with Gasteiger partial charge in [-0.2, -0.15) is 4.31 Å². The van der Waals surface area contributed by atoms with Crippen LogP contribution in [0.1, 0.15) is 42.9 Å². The van der Waals surface area contributed by atoms with Crippen molar-refractivity contribution in [3.63, 3.8) is 0 Å². The fourth-order valence-electron chi connectivity index (χ4n) is 3.57. The molecule has 0 spiro atoms. The number of carbonyl (C=O) groups excluding carboxylic acids is 1. The molecular formula is C23H31N3O3S. The minimum absolute atomic E-state index is 0.167. The summed E-state index contributed by atoms with van der Waals surface area (Å²) in [6.07, 6.45) is 3.91. The van der Waals surface area contributed by atoms with Crippen LogP contribution >= 0.6 is 0 Å². The number of benzene rings is 2. The van der Waals surface area contributed by atoms with E-state index in [1.807, 2.05) is 12.1 Å². The Hall–Kier alpha value is -2.38. The van der Waals surface area contributed by atoms with Crippen LogP contribution in [0, 0.1) is 0 Å². The highest BCUT2D eigenvalue weighted by atomic mass is 32.2. The molecule has 2 amide bonds. The zero-order valence-electron chi connectivity index (χ0n) is 17.8. The number of urea groups is 1. The van der Waals surface area contributed by atoms with Crippen molar-refractivity contribution < 1.29 is 13.2 Å². The lowest BCUT2D eigenvalue weighted by Gasteiger charge is -2.25. The van der Waals surface area contributed by atoms with E-state index in [2.05, 4.69) is 24.4 Å². The summed E-state index contributed by atoms with van der Waals surface area (Å²) in [6.45, 7) is 4.18. The van der Waals surface area contributed by atoms with Crippen LogP contribution < -0.4 is 5.32 Å². The zero-order valence-corrected chi connectivity index (χ0v) is 18.6. The Balaban J connectivity index is 1.53. The Kier molecular flexibility index (Phi) is 7.50. The van der Waals surface area contributed by atoms with Crippen LogP contribution in [0.3, 0.4) is 0 Å². The Bertz CT molecular complexity index is 935. The molecule has 1 aliphatic rings. The topological polar surface area (TPSA) is 69.7 Å². The predicted molar refractivity (Wildman–Crippen MR) is 119 cm³/mol. The van der Waals surface area contributed by atoms with Crippen LogP contribution in [0.15, 0.2) is 53.4 Å². The molecule has 0 radical (unpaired) electrons. The van der Waals surface area contributed by atoms with Crippen molar-refractivity contribution in [3.05, 3.63) is 65.2 Å². The van der Waals surface area contributed by atoms with Gasteiger partial charge in [0.25, 0.3) is 0 Å². The summed E-state index contributed by atoms with van der Waals surface area (Å²) in [5.41, 5.74) is 3.22. The third-order valence-electron chi connectivity index (χ3n) is 5.52. The lowest BCUT2D eigenvalue weighted by Crippen LogP contribution is -2.36. The van der Waals surface area contributed by atoms with E-state index in [0.29, 0.717) is 31.1 Å². The third kappa shape index (κ3) is 5.61. The Morgan fingerprint density at radius 2 is 1.50 bits per heavy atom. The third-order valence-corrected chi connectivity index (χ3v) is 7.43. The number of piperidine rings is 1. The fraction of sp³-hybridized carbons (Fsp3) is 0.435. The minimum atomic E-state index is -3.43. The van der Waals surface area contributed by atoms with E-state index in [1.165, 1.54) is 5.56 Å². The lowest BCUT2D eigenvalue weighted by molar-refractivity contribution is 0.206. The molecule has 0 aromatic heterocycles. The summed E-state index contributed by atoms with van der Waals surface area (Å²) in [5, 5.41) is 2.89. The van der Waals surface area contributed by atoms with Gasteiger partial charge in [0.2, 0.25) is 10.0 Å². The van der Waals surface area contributed by atoms with Crippen molar-refractivity contribution in [1.29, 1.82) is 0 Å². The average Bonchev–Trinajstić information content (AvgIpc) is 2.78. The first-order valence-electron chi connectivity index (χ1n) is 10.6. The summed E-state index contributed by atoms with van der Waals surface area (Å²) in [5.74, 6) is 0. The van der Waals surface area contributed by atoms with Crippen LogP contribution in [0.5, 0.6) is 0 Å². The molecule has 1 fully saturated rings. The van der Waals surface area contributed by atoms with Gasteiger partial charge in [-0.15, -0.1) is 0 Å². The standard InChI is InChI=1S/C23H31N3O3S/c1-3-19-7-9-21(10-8-19)18-25(2)23(27)24-17-20-11-13-22(14-12-20)30(28,29)26-15-5-4-6-16-26/h7-14H,3-6,15-18H2,1-2H3,(H,24,27). The van der Waals surface area contributed by atoms with Gasteiger partial charge in [-0.1, -0.05) is 49.7 Å². The molecule has 2 aromatic carbocycles. The first-order valence-corrected chi connectivity index (χ1v) is 12.0. The van der Waals surface area contributed by atoms with Gasteiger partial charge in [0.1, 0.15) is 0 Å². The van der Waals surface area contributed by atoms with E-state index in [4.69, 9.17) is 0 Å². The molecule has 1 aliphatic heterocycles. The van der Waals surface area contributed by atoms with Crippen molar-refractivity contribution in [2.45, 2.75) is 50.6 Å². The van der Waals surface area contributed by atoms with Gasteiger partial charge >= 0.3 is 6.03 Å². The Morgan fingerprint density at radius 3 is 2.10 bits per heavy atom. The normalized spacial score (nSPS) is 15.0. The molecule has 0 unspecified atom stereocenters. The summed E-state index contributed by atoms with van der Waals surface area (Å²) in [6, 6.07) is 14.9. The highest BCUT2D eigenvalue weighted by molar-refractivity contribution is 7.89. The summed E-state index contributed by atoms with van der Waals surface area (Å²) in [4.78, 5) is 14.3. The molecule has 2 aromatic rings. The Labute approximate surface area is 179 Å². The van der Waals surface area contributed by atoms with Crippen LogP contribution in [0.4, 0.5) is 4.79 Å². The summed E-state index contributed by atoms with van der Waals surface area (Å²) < 4.78 is 27.0. The maximum absolute atomic E-state index is 12.7.